The van der Waals surface area contributed by atoms with E-state index >= 15 is 4.39 Å². The number of aromatic nitrogens is 2. The molecule has 0 radical (unpaired) electrons. The van der Waals surface area contributed by atoms with E-state index < -0.39 is 27.4 Å². The number of piperidine rings is 1. The van der Waals surface area contributed by atoms with Gasteiger partial charge in [-0.1, -0.05) is 0 Å². The number of hydrogen-bond donors (Lipinski definition) is 1. The quantitative estimate of drug-likeness (QED) is 0.382. The van der Waals surface area contributed by atoms with E-state index in [0.29, 0.717) is 18.6 Å². The van der Waals surface area contributed by atoms with Gasteiger partial charge in [0, 0.05) is 39.3 Å². The highest BCUT2D eigenvalue weighted by molar-refractivity contribution is 7.90. The van der Waals surface area contributed by atoms with Crippen LogP contribution in [0.5, 0.6) is 11.5 Å². The molecule has 3 heterocycles. The molecule has 47 heavy (non-hydrogen) atoms. The Balaban J connectivity index is 1.17. The number of nitriles is 1. The van der Waals surface area contributed by atoms with Gasteiger partial charge < -0.3 is 19.1 Å². The number of fused-ring (bicyclic) bond motifs is 1. The Morgan fingerprint density at radius 1 is 1.15 bits per heavy atom. The predicted molar refractivity (Wildman–Crippen MR) is 170 cm³/mol. The molecule has 1 saturated carbocycles. The summed E-state index contributed by atoms with van der Waals surface area (Å²) in [5.41, 5.74) is -0.865. The Morgan fingerprint density at radius 3 is 2.49 bits per heavy atom. The highest BCUT2D eigenvalue weighted by atomic mass is 32.2. The van der Waals surface area contributed by atoms with Crippen LogP contribution in [0.3, 0.4) is 0 Å². The van der Waals surface area contributed by atoms with Crippen molar-refractivity contribution < 1.29 is 31.8 Å². The molecular weight excluding hydrogens is 631 g/mol. The zero-order chi connectivity index (χ0) is 33.7. The molecule has 2 aromatic carbocycles. The fraction of sp³-hybridized carbons (Fsp3) is 0.500. The topological polar surface area (TPSA) is 156 Å². The second-order valence-corrected chi connectivity index (χ2v) is 15.1. The van der Waals surface area contributed by atoms with Crippen molar-refractivity contribution in [2.45, 2.75) is 64.2 Å². The summed E-state index contributed by atoms with van der Waals surface area (Å²) in [6.07, 6.45) is 4.21. The van der Waals surface area contributed by atoms with Gasteiger partial charge in [0.25, 0.3) is 5.56 Å². The fourth-order valence-electron chi connectivity index (χ4n) is 6.39. The van der Waals surface area contributed by atoms with E-state index in [1.54, 1.807) is 15.5 Å². The van der Waals surface area contributed by atoms with Crippen LogP contribution in [-0.4, -0.2) is 78.3 Å². The van der Waals surface area contributed by atoms with Crippen LogP contribution in [0.1, 0.15) is 58.1 Å². The van der Waals surface area contributed by atoms with E-state index in [1.807, 2.05) is 26.8 Å². The van der Waals surface area contributed by atoms with E-state index in [0.717, 1.165) is 42.1 Å². The van der Waals surface area contributed by atoms with Gasteiger partial charge in [-0.05, 0) is 82.2 Å². The number of nitrogens with zero attached hydrogens (tertiary/aromatic N) is 5. The van der Waals surface area contributed by atoms with Crippen LogP contribution in [0.2, 0.25) is 0 Å². The molecule has 0 bridgehead atoms. The van der Waals surface area contributed by atoms with Gasteiger partial charge in [-0.25, -0.2) is 14.2 Å². The maximum absolute atomic E-state index is 15.0. The molecule has 2 saturated heterocycles. The standard InChI is InChI=1S/C32H37FN6O7S/c1-31(2,3)46-30(41)37-11-9-32(10-12-37)14-20(15-32)39-19-35-26-7-5-21(13-23(26)29(39)40)45-28-24(16-34)27(8-6-25(28)33)36-47(42,43)38-17-22(18-38)44-4/h5-8,13,19-20,22,36H,9-12,14-15,17-18H2,1-4H3. The van der Waals surface area contributed by atoms with Gasteiger partial charge in [-0.2, -0.15) is 18.0 Å². The fourth-order valence-corrected chi connectivity index (χ4v) is 7.70. The summed E-state index contributed by atoms with van der Waals surface area (Å²) in [6, 6.07) is 8.44. The van der Waals surface area contributed by atoms with E-state index in [2.05, 4.69) is 9.71 Å². The molecule has 1 aromatic heterocycles. The molecule has 0 unspecified atom stereocenters. The molecule has 1 N–H and O–H groups in total. The summed E-state index contributed by atoms with van der Waals surface area (Å²) in [4.78, 5) is 32.3. The molecule has 15 heteroatoms. The third-order valence-corrected chi connectivity index (χ3v) is 10.6. The molecule has 3 aliphatic rings. The monoisotopic (exact) mass is 668 g/mol. The number of amides is 1. The Hall–Kier alpha value is -4.26. The summed E-state index contributed by atoms with van der Waals surface area (Å²) < 4.78 is 62.1. The Morgan fingerprint density at radius 2 is 1.85 bits per heavy atom. The minimum Gasteiger partial charge on any atom is -0.453 e. The van der Waals surface area contributed by atoms with Gasteiger partial charge in [0.05, 0.1) is 29.0 Å². The molecule has 13 nitrogen and oxygen atoms in total. The largest absolute Gasteiger partial charge is 0.453 e. The predicted octanol–water partition coefficient (Wildman–Crippen LogP) is 4.54. The van der Waals surface area contributed by atoms with Crippen molar-refractivity contribution in [1.82, 2.24) is 18.8 Å². The smallest absolute Gasteiger partial charge is 0.410 e. The molecule has 3 fully saturated rings. The van der Waals surface area contributed by atoms with Gasteiger partial charge in [0.15, 0.2) is 11.6 Å². The number of methoxy groups -OCH3 is 1. The lowest BCUT2D eigenvalue weighted by atomic mass is 9.60. The van der Waals surface area contributed by atoms with Gasteiger partial charge in [-0.3, -0.25) is 14.1 Å². The van der Waals surface area contributed by atoms with Gasteiger partial charge >= 0.3 is 16.3 Å². The molecule has 3 aromatic rings. The van der Waals surface area contributed by atoms with Crippen LogP contribution in [0.25, 0.3) is 10.9 Å². The van der Waals surface area contributed by atoms with Gasteiger partial charge in [-0.15, -0.1) is 0 Å². The van der Waals surface area contributed by atoms with Crippen LogP contribution in [0.15, 0.2) is 41.5 Å². The lowest BCUT2D eigenvalue weighted by molar-refractivity contribution is -0.0241. The van der Waals surface area contributed by atoms with Crippen LogP contribution < -0.4 is 15.0 Å². The van der Waals surface area contributed by atoms with Crippen molar-refractivity contribution in [2.75, 3.05) is 38.0 Å². The zero-order valence-electron chi connectivity index (χ0n) is 26.7. The lowest BCUT2D eigenvalue weighted by Gasteiger charge is -2.52. The highest BCUT2D eigenvalue weighted by Crippen LogP contribution is 2.54. The number of carbonyl (C=O) groups excluding carboxylic acids is 1. The summed E-state index contributed by atoms with van der Waals surface area (Å²) in [7, 11) is -2.54. The number of likely N-dealkylation sites (tertiary alicyclic amines) is 1. The highest BCUT2D eigenvalue weighted by Gasteiger charge is 2.48. The molecule has 250 valence electrons. The van der Waals surface area contributed by atoms with Crippen LogP contribution in [-0.2, 0) is 19.7 Å². The Bertz CT molecular complexity index is 1910. The minimum absolute atomic E-state index is 0.0431. The second-order valence-electron chi connectivity index (χ2n) is 13.5. The van der Waals surface area contributed by atoms with Crippen molar-refractivity contribution in [3.05, 3.63) is 58.4 Å². The van der Waals surface area contributed by atoms with E-state index in [4.69, 9.17) is 14.2 Å². The third-order valence-electron chi connectivity index (χ3n) is 9.13. The molecular formula is C32H37FN6O7S. The third kappa shape index (κ3) is 6.50. The lowest BCUT2D eigenvalue weighted by Crippen LogP contribution is -2.55. The minimum atomic E-state index is -4.02. The number of carbonyl (C=O) groups is 1. The molecule has 1 aliphatic carbocycles. The van der Waals surface area contributed by atoms with Crippen molar-refractivity contribution in [1.29, 1.82) is 5.26 Å². The normalized spacial score (nSPS) is 18.8. The first-order valence-corrected chi connectivity index (χ1v) is 16.8. The maximum Gasteiger partial charge on any atom is 0.410 e. The number of ether oxygens (including phenoxy) is 3. The molecule has 6 rings (SSSR count). The van der Waals surface area contributed by atoms with Crippen molar-refractivity contribution in [2.24, 2.45) is 5.41 Å². The number of benzene rings is 2. The van der Waals surface area contributed by atoms with Gasteiger partial charge in [0.1, 0.15) is 23.0 Å². The van der Waals surface area contributed by atoms with Crippen LogP contribution in [0, 0.1) is 22.6 Å². The van der Waals surface area contributed by atoms with Crippen molar-refractivity contribution in [3.63, 3.8) is 0 Å². The summed E-state index contributed by atoms with van der Waals surface area (Å²) in [5.74, 6) is -1.28. The van der Waals surface area contributed by atoms with Gasteiger partial charge in [0.2, 0.25) is 0 Å². The summed E-state index contributed by atoms with van der Waals surface area (Å²) in [6.45, 7) is 7.03. The SMILES string of the molecule is COC1CN(S(=O)(=O)Nc2ccc(F)c(Oc3ccc4ncn(C5CC6(CCN(C(=O)OC(C)(C)C)CC6)C5)c(=O)c4c3)c2C#N)C1. The van der Waals surface area contributed by atoms with E-state index in [1.165, 1.54) is 25.6 Å². The zero-order valence-corrected chi connectivity index (χ0v) is 27.5. The molecule has 1 amide bonds. The molecule has 0 atom stereocenters. The average molecular weight is 669 g/mol. The van der Waals surface area contributed by atoms with Crippen LogP contribution in [0.4, 0.5) is 14.9 Å². The first-order valence-electron chi connectivity index (χ1n) is 15.4. The van der Waals surface area contributed by atoms with Crippen molar-refractivity contribution in [3.8, 4) is 17.6 Å². The average Bonchev–Trinajstić information content (AvgIpc) is 2.97. The molecule has 2 aliphatic heterocycles. The maximum atomic E-state index is 15.0. The number of rotatable bonds is 7. The van der Waals surface area contributed by atoms with Crippen molar-refractivity contribution >= 4 is 32.9 Å². The van der Waals surface area contributed by atoms with E-state index in [9.17, 15) is 23.3 Å². The van der Waals surface area contributed by atoms with Crippen LogP contribution >= 0.6 is 0 Å². The summed E-state index contributed by atoms with van der Waals surface area (Å²) in [5, 5.41) is 10.1. The Labute approximate surface area is 272 Å². The molecule has 1 spiro atoms. The number of anilines is 1. The number of halogens is 1. The number of nitrogens with one attached hydrogen (secondary N) is 1. The summed E-state index contributed by atoms with van der Waals surface area (Å²) >= 11 is 0. The first-order chi connectivity index (χ1) is 22.2. The first kappa shape index (κ1) is 32.7. The van der Waals surface area contributed by atoms with E-state index in [-0.39, 0.29) is 64.7 Å². The Kier molecular flexibility index (Phi) is 8.39. The second kappa shape index (κ2) is 12.1. The number of hydrogen-bond acceptors (Lipinski definition) is 9.